The quantitative estimate of drug-likeness (QED) is 0.230. The Bertz CT molecular complexity index is 1230. The van der Waals surface area contributed by atoms with E-state index in [1.54, 1.807) is 31.4 Å². The number of carbonyl (C=O) groups excluding carboxylic acids is 1. The Kier molecular flexibility index (Phi) is 12.0. The zero-order chi connectivity index (χ0) is 29.1. The molecular weight excluding hydrogens is 507 g/mol. The van der Waals surface area contributed by atoms with Gasteiger partial charge in [0.1, 0.15) is 17.3 Å². The minimum atomic E-state index is -0.318. The zero-order valence-electron chi connectivity index (χ0n) is 24.2. The number of methoxy groups -OCH3 is 1. The van der Waals surface area contributed by atoms with Crippen LogP contribution in [0.2, 0.25) is 0 Å². The van der Waals surface area contributed by atoms with Gasteiger partial charge in [-0.05, 0) is 73.7 Å². The number of phenolic OH excluding ortho intramolecular Hbond substituents is 1. The van der Waals surface area contributed by atoms with Crippen molar-refractivity contribution in [3.8, 4) is 22.6 Å². The van der Waals surface area contributed by atoms with Crippen molar-refractivity contribution in [2.24, 2.45) is 5.73 Å². The normalized spacial score (nSPS) is 12.0. The lowest BCUT2D eigenvalue weighted by molar-refractivity contribution is -0.134. The maximum Gasteiger partial charge on any atom is 0.227 e. The fourth-order valence-corrected chi connectivity index (χ4v) is 5.10. The first-order valence-corrected chi connectivity index (χ1v) is 14.1. The SMILES string of the molecule is CCCc1cc(-c2ccccc2F)c(OCCCOC)cc1CC(=O)N(C(C)C)[C@@H](CN)Cc1ccc(O)cc1. The third-order valence-corrected chi connectivity index (χ3v) is 6.99. The molecule has 3 aromatic rings. The van der Waals surface area contributed by atoms with Gasteiger partial charge in [0.05, 0.1) is 13.0 Å². The molecule has 0 aliphatic heterocycles. The summed E-state index contributed by atoms with van der Waals surface area (Å²) in [6, 6.07) is 17.3. The van der Waals surface area contributed by atoms with Crippen molar-refractivity contribution in [3.05, 3.63) is 83.2 Å². The van der Waals surface area contributed by atoms with E-state index in [4.69, 9.17) is 15.2 Å². The van der Waals surface area contributed by atoms with Crippen LogP contribution >= 0.6 is 0 Å². The number of carbonyl (C=O) groups is 1. The van der Waals surface area contributed by atoms with Crippen molar-refractivity contribution in [1.82, 2.24) is 4.90 Å². The summed E-state index contributed by atoms with van der Waals surface area (Å²) in [5, 5.41) is 9.65. The number of ether oxygens (including phenoxy) is 2. The van der Waals surface area contributed by atoms with Gasteiger partial charge in [0.15, 0.2) is 0 Å². The van der Waals surface area contributed by atoms with E-state index in [2.05, 4.69) is 6.92 Å². The standard InChI is InChI=1S/C33H43FN2O4/c1-5-9-25-19-30(29-10-6-7-11-31(29)34)32(40-17-8-16-39-4)20-26(25)21-33(38)36(23(2)3)27(22-35)18-24-12-14-28(37)15-13-24/h6-7,10-15,19-20,23,27,37H,5,8-9,16-18,21-22,35H2,1-4H3/t27-/m1/s1. The molecule has 0 bridgehead atoms. The van der Waals surface area contributed by atoms with E-state index in [-0.39, 0.29) is 36.0 Å². The molecule has 0 radical (unpaired) electrons. The summed E-state index contributed by atoms with van der Waals surface area (Å²) < 4.78 is 26.2. The van der Waals surface area contributed by atoms with Crippen molar-refractivity contribution >= 4 is 5.91 Å². The Hall–Kier alpha value is -3.42. The Labute approximate surface area is 237 Å². The van der Waals surface area contributed by atoms with Crippen molar-refractivity contribution in [2.45, 2.75) is 65.0 Å². The van der Waals surface area contributed by atoms with Crippen LogP contribution in [0.5, 0.6) is 11.5 Å². The second-order valence-corrected chi connectivity index (χ2v) is 10.4. The molecule has 3 rings (SSSR count). The number of aromatic hydroxyl groups is 1. The van der Waals surface area contributed by atoms with Crippen LogP contribution in [0.25, 0.3) is 11.1 Å². The molecule has 216 valence electrons. The van der Waals surface area contributed by atoms with Gasteiger partial charge in [0.25, 0.3) is 0 Å². The second kappa shape index (κ2) is 15.4. The van der Waals surface area contributed by atoms with Crippen molar-refractivity contribution in [3.63, 3.8) is 0 Å². The van der Waals surface area contributed by atoms with Crippen LogP contribution in [0.1, 0.15) is 50.3 Å². The number of hydrogen-bond donors (Lipinski definition) is 2. The van der Waals surface area contributed by atoms with Crippen molar-refractivity contribution in [2.75, 3.05) is 26.9 Å². The average Bonchev–Trinajstić information content (AvgIpc) is 2.93. The van der Waals surface area contributed by atoms with Gasteiger partial charge in [-0.1, -0.05) is 43.7 Å². The molecule has 0 aliphatic rings. The minimum Gasteiger partial charge on any atom is -0.508 e. The highest BCUT2D eigenvalue weighted by Gasteiger charge is 2.27. The summed E-state index contributed by atoms with van der Waals surface area (Å²) >= 11 is 0. The second-order valence-electron chi connectivity index (χ2n) is 10.4. The average molecular weight is 551 g/mol. The van der Waals surface area contributed by atoms with Crippen LogP contribution in [0.4, 0.5) is 4.39 Å². The van der Waals surface area contributed by atoms with Crippen molar-refractivity contribution in [1.29, 1.82) is 0 Å². The lowest BCUT2D eigenvalue weighted by Crippen LogP contribution is -2.50. The number of aryl methyl sites for hydroxylation is 1. The minimum absolute atomic E-state index is 0.0226. The van der Waals surface area contributed by atoms with Crippen molar-refractivity contribution < 1.29 is 23.8 Å². The molecule has 0 unspecified atom stereocenters. The third-order valence-electron chi connectivity index (χ3n) is 6.99. The molecule has 0 saturated carbocycles. The molecule has 3 aromatic carbocycles. The third kappa shape index (κ3) is 8.29. The lowest BCUT2D eigenvalue weighted by atomic mass is 9.93. The van der Waals surface area contributed by atoms with E-state index in [9.17, 15) is 14.3 Å². The molecule has 0 heterocycles. The number of nitrogens with zero attached hydrogens (tertiary/aromatic N) is 1. The first kappa shape index (κ1) is 31.1. The molecule has 40 heavy (non-hydrogen) atoms. The summed E-state index contributed by atoms with van der Waals surface area (Å²) in [6.07, 6.45) is 3.10. The number of hydrogen-bond acceptors (Lipinski definition) is 5. The maximum atomic E-state index is 14.9. The largest absolute Gasteiger partial charge is 0.508 e. The monoisotopic (exact) mass is 550 g/mol. The first-order valence-electron chi connectivity index (χ1n) is 14.1. The Morgan fingerprint density at radius 1 is 1.02 bits per heavy atom. The summed E-state index contributed by atoms with van der Waals surface area (Å²) in [6.45, 7) is 7.36. The maximum absolute atomic E-state index is 14.9. The topological polar surface area (TPSA) is 85.0 Å². The van der Waals surface area contributed by atoms with E-state index in [0.717, 1.165) is 29.5 Å². The van der Waals surface area contributed by atoms with Crippen LogP contribution in [-0.2, 0) is 28.8 Å². The van der Waals surface area contributed by atoms with Gasteiger partial charge < -0.3 is 25.2 Å². The molecule has 1 atom stereocenters. The summed E-state index contributed by atoms with van der Waals surface area (Å²) in [5.41, 5.74) is 10.2. The fourth-order valence-electron chi connectivity index (χ4n) is 5.10. The van der Waals surface area contributed by atoms with Gasteiger partial charge in [-0.15, -0.1) is 0 Å². The Morgan fingerprint density at radius 2 is 1.75 bits per heavy atom. The summed E-state index contributed by atoms with van der Waals surface area (Å²) in [4.78, 5) is 15.8. The van der Waals surface area contributed by atoms with Gasteiger partial charge in [-0.25, -0.2) is 4.39 Å². The van der Waals surface area contributed by atoms with Crippen LogP contribution in [-0.4, -0.2) is 54.9 Å². The first-order chi connectivity index (χ1) is 19.3. The van der Waals surface area contributed by atoms with Gasteiger partial charge in [-0.2, -0.15) is 0 Å². The molecule has 0 aliphatic carbocycles. The van der Waals surface area contributed by atoms with E-state index >= 15 is 0 Å². The number of amides is 1. The smallest absolute Gasteiger partial charge is 0.227 e. The zero-order valence-corrected chi connectivity index (χ0v) is 24.2. The summed E-state index contributed by atoms with van der Waals surface area (Å²) in [5.74, 6) is 0.416. The number of phenols is 1. The molecule has 0 aromatic heterocycles. The molecule has 6 nitrogen and oxygen atoms in total. The lowest BCUT2D eigenvalue weighted by Gasteiger charge is -2.35. The molecule has 0 fully saturated rings. The molecule has 1 amide bonds. The number of benzene rings is 3. The number of nitrogens with two attached hydrogens (primary N) is 1. The molecular formula is C33H43FN2O4. The predicted octanol–water partition coefficient (Wildman–Crippen LogP) is 5.92. The van der Waals surface area contributed by atoms with Gasteiger partial charge in [0, 0.05) is 49.9 Å². The van der Waals surface area contributed by atoms with Gasteiger partial charge >= 0.3 is 0 Å². The highest BCUT2D eigenvalue weighted by atomic mass is 19.1. The predicted molar refractivity (Wildman–Crippen MR) is 158 cm³/mol. The van der Waals surface area contributed by atoms with Crippen LogP contribution in [0.3, 0.4) is 0 Å². The van der Waals surface area contributed by atoms with Gasteiger partial charge in [0.2, 0.25) is 5.91 Å². The molecule has 3 N–H and O–H groups in total. The molecule has 7 heteroatoms. The number of halogens is 1. The van der Waals surface area contributed by atoms with E-state index in [1.165, 1.54) is 6.07 Å². The van der Waals surface area contributed by atoms with E-state index in [1.807, 2.05) is 49.1 Å². The van der Waals surface area contributed by atoms with Crippen LogP contribution < -0.4 is 10.5 Å². The Balaban J connectivity index is 1.97. The van der Waals surface area contributed by atoms with Crippen LogP contribution in [0.15, 0.2) is 60.7 Å². The Morgan fingerprint density at radius 3 is 2.38 bits per heavy atom. The van der Waals surface area contributed by atoms with E-state index in [0.29, 0.717) is 49.5 Å². The van der Waals surface area contributed by atoms with Crippen LogP contribution in [0, 0.1) is 5.82 Å². The van der Waals surface area contributed by atoms with E-state index < -0.39 is 0 Å². The molecule has 0 spiro atoms. The highest BCUT2D eigenvalue weighted by molar-refractivity contribution is 5.81. The molecule has 0 saturated heterocycles. The highest BCUT2D eigenvalue weighted by Crippen LogP contribution is 2.36. The van der Waals surface area contributed by atoms with Gasteiger partial charge in [-0.3, -0.25) is 4.79 Å². The number of rotatable bonds is 15. The summed E-state index contributed by atoms with van der Waals surface area (Å²) in [7, 11) is 1.64. The fraction of sp³-hybridized carbons (Fsp3) is 0.424.